The Morgan fingerprint density at radius 3 is 2.86 bits per heavy atom. The number of ether oxygens (including phenoxy) is 1. The quantitative estimate of drug-likeness (QED) is 0.792. The van der Waals surface area contributed by atoms with Gasteiger partial charge < -0.3 is 15.4 Å². The van der Waals surface area contributed by atoms with E-state index in [9.17, 15) is 9.18 Å². The molecule has 21 heavy (non-hydrogen) atoms. The fraction of sp³-hybridized carbons (Fsp3) is 0.533. The van der Waals surface area contributed by atoms with E-state index in [4.69, 9.17) is 4.74 Å². The molecule has 0 unspecified atom stereocenters. The van der Waals surface area contributed by atoms with Crippen LogP contribution >= 0.6 is 12.4 Å². The molecule has 0 saturated carbocycles. The van der Waals surface area contributed by atoms with Crippen LogP contribution in [-0.2, 0) is 4.79 Å². The number of halogens is 2. The molecule has 2 N–H and O–H groups in total. The third-order valence-corrected chi connectivity index (χ3v) is 3.32. The number of amides is 1. The molecular formula is C15H22ClFN2O2. The second-order valence-electron chi connectivity index (χ2n) is 5.00. The summed E-state index contributed by atoms with van der Waals surface area (Å²) < 4.78 is 18.3. The lowest BCUT2D eigenvalue weighted by Crippen LogP contribution is -2.42. The standard InChI is InChI=1S/C15H21FN2O2.ClH/c16-12-3-1-4-14(11-12)20-10-2-5-15(19)18-13-6-8-17-9-7-13;/h1,3-4,11,13,17H,2,5-10H2,(H,18,19);1H. The van der Waals surface area contributed by atoms with Gasteiger partial charge in [0.25, 0.3) is 0 Å². The van der Waals surface area contributed by atoms with E-state index < -0.39 is 0 Å². The predicted molar refractivity (Wildman–Crippen MR) is 82.4 cm³/mol. The van der Waals surface area contributed by atoms with Crippen LogP contribution in [0.2, 0.25) is 0 Å². The third kappa shape index (κ3) is 6.78. The van der Waals surface area contributed by atoms with Gasteiger partial charge in [0, 0.05) is 18.5 Å². The van der Waals surface area contributed by atoms with Crippen LogP contribution in [0.5, 0.6) is 5.75 Å². The third-order valence-electron chi connectivity index (χ3n) is 3.32. The van der Waals surface area contributed by atoms with Gasteiger partial charge in [-0.1, -0.05) is 6.07 Å². The van der Waals surface area contributed by atoms with Crippen molar-refractivity contribution in [3.8, 4) is 5.75 Å². The zero-order valence-electron chi connectivity index (χ0n) is 11.9. The van der Waals surface area contributed by atoms with Gasteiger partial charge in [-0.25, -0.2) is 4.39 Å². The van der Waals surface area contributed by atoms with Crippen LogP contribution in [0.4, 0.5) is 4.39 Å². The first-order chi connectivity index (χ1) is 9.74. The number of benzene rings is 1. The Hall–Kier alpha value is -1.33. The van der Waals surface area contributed by atoms with Crippen molar-refractivity contribution in [1.82, 2.24) is 10.6 Å². The van der Waals surface area contributed by atoms with Gasteiger partial charge in [0.2, 0.25) is 5.91 Å². The lowest BCUT2D eigenvalue weighted by Gasteiger charge is -2.23. The summed E-state index contributed by atoms with van der Waals surface area (Å²) in [5.41, 5.74) is 0. The van der Waals surface area contributed by atoms with Gasteiger partial charge in [-0.2, -0.15) is 0 Å². The average Bonchev–Trinajstić information content (AvgIpc) is 2.45. The Bertz CT molecular complexity index is 439. The molecule has 1 aliphatic rings. The van der Waals surface area contributed by atoms with Crippen molar-refractivity contribution in [2.75, 3.05) is 19.7 Å². The molecule has 6 heteroatoms. The SMILES string of the molecule is Cl.O=C(CCCOc1cccc(F)c1)NC1CCNCC1. The Balaban J connectivity index is 0.00000220. The van der Waals surface area contributed by atoms with E-state index in [1.807, 2.05) is 0 Å². The topological polar surface area (TPSA) is 50.4 Å². The first-order valence-electron chi connectivity index (χ1n) is 7.12. The highest BCUT2D eigenvalue weighted by molar-refractivity contribution is 5.85. The van der Waals surface area contributed by atoms with Crippen LogP contribution in [0, 0.1) is 5.82 Å². The van der Waals surface area contributed by atoms with Gasteiger partial charge in [-0.3, -0.25) is 4.79 Å². The zero-order valence-corrected chi connectivity index (χ0v) is 12.8. The van der Waals surface area contributed by atoms with Crippen LogP contribution < -0.4 is 15.4 Å². The van der Waals surface area contributed by atoms with E-state index >= 15 is 0 Å². The van der Waals surface area contributed by atoms with Gasteiger partial charge in [-0.05, 0) is 44.5 Å². The van der Waals surface area contributed by atoms with Crippen LogP contribution in [0.15, 0.2) is 24.3 Å². The second-order valence-corrected chi connectivity index (χ2v) is 5.00. The minimum Gasteiger partial charge on any atom is -0.493 e. The maximum absolute atomic E-state index is 12.9. The van der Waals surface area contributed by atoms with Crippen molar-refractivity contribution < 1.29 is 13.9 Å². The average molecular weight is 317 g/mol. The summed E-state index contributed by atoms with van der Waals surface area (Å²) in [5.74, 6) is 0.259. The molecule has 1 aliphatic heterocycles. The maximum Gasteiger partial charge on any atom is 0.220 e. The summed E-state index contributed by atoms with van der Waals surface area (Å²) in [4.78, 5) is 11.7. The first kappa shape index (κ1) is 17.7. The highest BCUT2D eigenvalue weighted by Crippen LogP contribution is 2.12. The van der Waals surface area contributed by atoms with Crippen molar-refractivity contribution in [2.24, 2.45) is 0 Å². The number of carbonyl (C=O) groups excluding carboxylic acids is 1. The predicted octanol–water partition coefficient (Wildman–Crippen LogP) is 2.27. The van der Waals surface area contributed by atoms with E-state index in [0.717, 1.165) is 25.9 Å². The minimum absolute atomic E-state index is 0. The fourth-order valence-corrected chi connectivity index (χ4v) is 2.25. The lowest BCUT2D eigenvalue weighted by molar-refractivity contribution is -0.122. The highest BCUT2D eigenvalue weighted by Gasteiger charge is 2.14. The molecule has 0 atom stereocenters. The van der Waals surface area contributed by atoms with Crippen LogP contribution in [0.1, 0.15) is 25.7 Å². The number of rotatable bonds is 6. The molecule has 2 rings (SSSR count). The van der Waals surface area contributed by atoms with Gasteiger partial charge in [0.05, 0.1) is 6.61 Å². The van der Waals surface area contributed by atoms with E-state index in [1.165, 1.54) is 12.1 Å². The summed E-state index contributed by atoms with van der Waals surface area (Å²) in [6, 6.07) is 6.33. The van der Waals surface area contributed by atoms with E-state index in [-0.39, 0.29) is 24.1 Å². The van der Waals surface area contributed by atoms with E-state index in [0.29, 0.717) is 31.2 Å². The minimum atomic E-state index is -0.314. The number of nitrogens with one attached hydrogen (secondary N) is 2. The molecule has 1 amide bonds. The molecule has 1 aromatic carbocycles. The van der Waals surface area contributed by atoms with Crippen molar-refractivity contribution in [1.29, 1.82) is 0 Å². The number of carbonyl (C=O) groups is 1. The molecule has 1 aromatic rings. The van der Waals surface area contributed by atoms with Crippen molar-refractivity contribution in [2.45, 2.75) is 31.7 Å². The van der Waals surface area contributed by atoms with Crippen LogP contribution in [-0.4, -0.2) is 31.6 Å². The monoisotopic (exact) mass is 316 g/mol. The summed E-state index contributed by atoms with van der Waals surface area (Å²) in [6.07, 6.45) is 3.06. The molecule has 118 valence electrons. The van der Waals surface area contributed by atoms with Crippen molar-refractivity contribution in [3.63, 3.8) is 0 Å². The first-order valence-corrected chi connectivity index (χ1v) is 7.12. The Kier molecular flexibility index (Phi) is 8.08. The summed E-state index contributed by atoms with van der Waals surface area (Å²) in [7, 11) is 0. The largest absolute Gasteiger partial charge is 0.493 e. The molecule has 0 spiro atoms. The number of hydrogen-bond donors (Lipinski definition) is 2. The van der Waals surface area contributed by atoms with Crippen molar-refractivity contribution >= 4 is 18.3 Å². The number of hydrogen-bond acceptors (Lipinski definition) is 3. The number of piperidine rings is 1. The lowest BCUT2D eigenvalue weighted by atomic mass is 10.1. The van der Waals surface area contributed by atoms with Gasteiger partial charge in [-0.15, -0.1) is 12.4 Å². The Morgan fingerprint density at radius 1 is 1.38 bits per heavy atom. The van der Waals surface area contributed by atoms with Gasteiger partial charge in [0.1, 0.15) is 11.6 Å². The summed E-state index contributed by atoms with van der Waals surface area (Å²) in [6.45, 7) is 2.35. The van der Waals surface area contributed by atoms with E-state index in [2.05, 4.69) is 10.6 Å². The van der Waals surface area contributed by atoms with Crippen LogP contribution in [0.25, 0.3) is 0 Å². The molecule has 0 aliphatic carbocycles. The molecular weight excluding hydrogens is 295 g/mol. The summed E-state index contributed by atoms with van der Waals surface area (Å²) >= 11 is 0. The van der Waals surface area contributed by atoms with Crippen LogP contribution in [0.3, 0.4) is 0 Å². The smallest absolute Gasteiger partial charge is 0.220 e. The second kappa shape index (κ2) is 9.58. The van der Waals surface area contributed by atoms with Gasteiger partial charge >= 0.3 is 0 Å². The molecule has 0 aromatic heterocycles. The van der Waals surface area contributed by atoms with E-state index in [1.54, 1.807) is 12.1 Å². The Labute approximate surface area is 130 Å². The molecule has 1 fully saturated rings. The maximum atomic E-state index is 12.9. The molecule has 0 bridgehead atoms. The zero-order chi connectivity index (χ0) is 14.2. The van der Waals surface area contributed by atoms with Gasteiger partial charge in [0.15, 0.2) is 0 Å². The normalized spacial score (nSPS) is 15.1. The molecule has 1 heterocycles. The molecule has 4 nitrogen and oxygen atoms in total. The fourth-order valence-electron chi connectivity index (χ4n) is 2.25. The van der Waals surface area contributed by atoms with Crippen molar-refractivity contribution in [3.05, 3.63) is 30.1 Å². The molecule has 1 saturated heterocycles. The molecule has 0 radical (unpaired) electrons. The summed E-state index contributed by atoms with van der Waals surface area (Å²) in [5, 5.41) is 6.29. The Morgan fingerprint density at radius 2 is 2.14 bits per heavy atom. The highest BCUT2D eigenvalue weighted by atomic mass is 35.5.